The number of aryl methyl sites for hydroxylation is 1. The standard InChI is InChI=1S/C20H24N4O/c1-15-7-8-20-22-11-16(24(20)13-15)14-23-10-9-21-12-18(23)17-5-3-4-6-19(17)25-2/h3-8,11,13,18,21H,9-10,12,14H2,1-2H3. The lowest BCUT2D eigenvalue weighted by molar-refractivity contribution is 0.149. The van der Waals surface area contributed by atoms with Crippen LogP contribution in [0.2, 0.25) is 0 Å². The number of ether oxygens (including phenoxy) is 1. The number of rotatable bonds is 4. The van der Waals surface area contributed by atoms with Crippen LogP contribution in [0.5, 0.6) is 5.75 Å². The van der Waals surface area contributed by atoms with Gasteiger partial charge in [0.1, 0.15) is 11.4 Å². The Morgan fingerprint density at radius 1 is 1.24 bits per heavy atom. The molecule has 1 aliphatic heterocycles. The monoisotopic (exact) mass is 336 g/mol. The van der Waals surface area contributed by atoms with Gasteiger partial charge in [-0.15, -0.1) is 0 Å². The molecular weight excluding hydrogens is 312 g/mol. The third-order valence-corrected chi connectivity index (χ3v) is 4.95. The molecule has 1 unspecified atom stereocenters. The van der Waals surface area contributed by atoms with Crippen molar-refractivity contribution in [1.29, 1.82) is 0 Å². The highest BCUT2D eigenvalue weighted by Gasteiger charge is 2.26. The normalized spacial score (nSPS) is 18.6. The number of methoxy groups -OCH3 is 1. The van der Waals surface area contributed by atoms with Crippen molar-refractivity contribution in [2.24, 2.45) is 0 Å². The number of imidazole rings is 1. The maximum atomic E-state index is 5.60. The van der Waals surface area contributed by atoms with Gasteiger partial charge in [-0.1, -0.05) is 24.3 Å². The molecule has 0 aliphatic carbocycles. The van der Waals surface area contributed by atoms with Crippen LogP contribution in [0.4, 0.5) is 0 Å². The summed E-state index contributed by atoms with van der Waals surface area (Å²) >= 11 is 0. The summed E-state index contributed by atoms with van der Waals surface area (Å²) in [5.74, 6) is 0.954. The minimum atomic E-state index is 0.292. The van der Waals surface area contributed by atoms with Gasteiger partial charge >= 0.3 is 0 Å². The van der Waals surface area contributed by atoms with Crippen LogP contribution in [0.15, 0.2) is 48.8 Å². The van der Waals surface area contributed by atoms with Crippen LogP contribution in [-0.4, -0.2) is 41.0 Å². The molecule has 0 spiro atoms. The topological polar surface area (TPSA) is 41.8 Å². The summed E-state index contributed by atoms with van der Waals surface area (Å²) in [6.07, 6.45) is 4.16. The first kappa shape index (κ1) is 16.1. The lowest BCUT2D eigenvalue weighted by Crippen LogP contribution is -2.45. The Labute approximate surface area is 148 Å². The number of nitrogens with zero attached hydrogens (tertiary/aromatic N) is 3. The predicted molar refractivity (Wildman–Crippen MR) is 98.9 cm³/mol. The van der Waals surface area contributed by atoms with Crippen LogP contribution >= 0.6 is 0 Å². The van der Waals surface area contributed by atoms with E-state index in [1.165, 1.54) is 16.8 Å². The minimum absolute atomic E-state index is 0.292. The highest BCUT2D eigenvalue weighted by Crippen LogP contribution is 2.31. The molecule has 5 heteroatoms. The summed E-state index contributed by atoms with van der Waals surface area (Å²) < 4.78 is 7.80. The van der Waals surface area contributed by atoms with Crippen LogP contribution in [0.25, 0.3) is 5.65 Å². The van der Waals surface area contributed by atoms with Crippen molar-refractivity contribution in [3.05, 3.63) is 65.6 Å². The maximum Gasteiger partial charge on any atom is 0.136 e. The second-order valence-corrected chi connectivity index (χ2v) is 6.62. The molecule has 1 saturated heterocycles. The maximum absolute atomic E-state index is 5.60. The fraction of sp³-hybridized carbons (Fsp3) is 0.350. The first-order valence-corrected chi connectivity index (χ1v) is 8.76. The van der Waals surface area contributed by atoms with Gasteiger partial charge in [-0.05, 0) is 24.6 Å². The number of aromatic nitrogens is 2. The van der Waals surface area contributed by atoms with E-state index in [4.69, 9.17) is 4.74 Å². The number of pyridine rings is 1. The number of para-hydroxylation sites is 1. The summed E-state index contributed by atoms with van der Waals surface area (Å²) in [4.78, 5) is 7.07. The first-order chi connectivity index (χ1) is 12.3. The number of benzene rings is 1. The first-order valence-electron chi connectivity index (χ1n) is 8.76. The minimum Gasteiger partial charge on any atom is -0.496 e. The SMILES string of the molecule is COc1ccccc1C1CNCCN1Cc1cnc2ccc(C)cn12. The van der Waals surface area contributed by atoms with E-state index >= 15 is 0 Å². The van der Waals surface area contributed by atoms with Crippen molar-refractivity contribution in [2.75, 3.05) is 26.7 Å². The summed E-state index contributed by atoms with van der Waals surface area (Å²) in [7, 11) is 1.74. The molecule has 2 aromatic heterocycles. The molecule has 130 valence electrons. The largest absolute Gasteiger partial charge is 0.496 e. The molecule has 1 aliphatic rings. The van der Waals surface area contributed by atoms with E-state index in [1.54, 1.807) is 7.11 Å². The second kappa shape index (κ2) is 6.86. The quantitative estimate of drug-likeness (QED) is 0.795. The molecule has 3 heterocycles. The Morgan fingerprint density at radius 2 is 2.12 bits per heavy atom. The molecule has 1 aromatic carbocycles. The van der Waals surface area contributed by atoms with Crippen molar-refractivity contribution in [2.45, 2.75) is 19.5 Å². The second-order valence-electron chi connectivity index (χ2n) is 6.62. The summed E-state index contributed by atoms with van der Waals surface area (Å²) in [5, 5.41) is 3.52. The number of nitrogens with one attached hydrogen (secondary N) is 1. The van der Waals surface area contributed by atoms with E-state index in [-0.39, 0.29) is 0 Å². The lowest BCUT2D eigenvalue weighted by atomic mass is 10.0. The number of fused-ring (bicyclic) bond motifs is 1. The highest BCUT2D eigenvalue weighted by atomic mass is 16.5. The van der Waals surface area contributed by atoms with E-state index in [0.29, 0.717) is 6.04 Å². The molecule has 4 rings (SSSR count). The van der Waals surface area contributed by atoms with Gasteiger partial charge in [0, 0.05) is 37.9 Å². The lowest BCUT2D eigenvalue weighted by Gasteiger charge is -2.36. The van der Waals surface area contributed by atoms with Gasteiger partial charge < -0.3 is 14.5 Å². The van der Waals surface area contributed by atoms with E-state index in [9.17, 15) is 0 Å². The Balaban J connectivity index is 1.66. The van der Waals surface area contributed by atoms with E-state index < -0.39 is 0 Å². The van der Waals surface area contributed by atoms with Crippen molar-refractivity contribution >= 4 is 5.65 Å². The van der Waals surface area contributed by atoms with Crippen molar-refractivity contribution < 1.29 is 4.74 Å². The Bertz CT molecular complexity index is 873. The number of piperazine rings is 1. The van der Waals surface area contributed by atoms with Gasteiger partial charge in [0.05, 0.1) is 25.0 Å². The van der Waals surface area contributed by atoms with Crippen molar-refractivity contribution in [3.8, 4) is 5.75 Å². The molecule has 25 heavy (non-hydrogen) atoms. The van der Waals surface area contributed by atoms with E-state index in [0.717, 1.165) is 37.6 Å². The van der Waals surface area contributed by atoms with Gasteiger partial charge in [0.15, 0.2) is 0 Å². The van der Waals surface area contributed by atoms with Crippen LogP contribution in [0, 0.1) is 6.92 Å². The fourth-order valence-corrected chi connectivity index (χ4v) is 3.65. The van der Waals surface area contributed by atoms with Gasteiger partial charge in [-0.3, -0.25) is 4.90 Å². The van der Waals surface area contributed by atoms with Crippen LogP contribution < -0.4 is 10.1 Å². The average molecular weight is 336 g/mol. The van der Waals surface area contributed by atoms with Crippen molar-refractivity contribution in [1.82, 2.24) is 19.6 Å². The Hall–Kier alpha value is -2.37. The average Bonchev–Trinajstić information content (AvgIpc) is 3.04. The third kappa shape index (κ3) is 3.13. The third-order valence-electron chi connectivity index (χ3n) is 4.95. The van der Waals surface area contributed by atoms with Gasteiger partial charge in [-0.25, -0.2) is 4.98 Å². The smallest absolute Gasteiger partial charge is 0.136 e. The Morgan fingerprint density at radius 3 is 3.00 bits per heavy atom. The summed E-state index contributed by atoms with van der Waals surface area (Å²) in [5.41, 5.74) is 4.71. The van der Waals surface area contributed by atoms with Gasteiger partial charge in [0.2, 0.25) is 0 Å². The van der Waals surface area contributed by atoms with Crippen molar-refractivity contribution in [3.63, 3.8) is 0 Å². The van der Waals surface area contributed by atoms with Gasteiger partial charge in [-0.2, -0.15) is 0 Å². The molecule has 0 radical (unpaired) electrons. The number of hydrogen-bond donors (Lipinski definition) is 1. The summed E-state index contributed by atoms with van der Waals surface area (Å²) in [6, 6.07) is 12.8. The molecule has 1 N–H and O–H groups in total. The zero-order valence-electron chi connectivity index (χ0n) is 14.8. The van der Waals surface area contributed by atoms with Crippen LogP contribution in [-0.2, 0) is 6.54 Å². The molecule has 5 nitrogen and oxygen atoms in total. The molecule has 0 bridgehead atoms. The predicted octanol–water partition coefficient (Wildman–Crippen LogP) is 2.80. The zero-order chi connectivity index (χ0) is 17.2. The van der Waals surface area contributed by atoms with E-state index in [1.807, 2.05) is 18.3 Å². The Kier molecular flexibility index (Phi) is 4.42. The molecule has 1 fully saturated rings. The summed E-state index contributed by atoms with van der Waals surface area (Å²) in [6.45, 7) is 5.92. The molecule has 0 amide bonds. The highest BCUT2D eigenvalue weighted by molar-refractivity contribution is 5.42. The molecule has 0 saturated carbocycles. The van der Waals surface area contributed by atoms with Crippen LogP contribution in [0.3, 0.4) is 0 Å². The van der Waals surface area contributed by atoms with Gasteiger partial charge in [0.25, 0.3) is 0 Å². The van der Waals surface area contributed by atoms with Crippen LogP contribution in [0.1, 0.15) is 22.9 Å². The zero-order valence-corrected chi connectivity index (χ0v) is 14.8. The molecule has 3 aromatic rings. The van der Waals surface area contributed by atoms with E-state index in [2.05, 4.69) is 57.0 Å². The molecular formula is C20H24N4O. The number of hydrogen-bond acceptors (Lipinski definition) is 4. The molecule has 1 atom stereocenters. The fourth-order valence-electron chi connectivity index (χ4n) is 3.65.